The summed E-state index contributed by atoms with van der Waals surface area (Å²) in [7, 11) is 0. The molecule has 1 N–H and O–H groups in total. The second kappa shape index (κ2) is 3.77. The van der Waals surface area contributed by atoms with Crippen LogP contribution in [0.3, 0.4) is 0 Å². The molecule has 0 radical (unpaired) electrons. The second-order valence-corrected chi connectivity index (χ2v) is 3.51. The fraction of sp³-hybridized carbons (Fsp3) is 0.455. The minimum Gasteiger partial charge on any atom is -0.508 e. The highest BCUT2D eigenvalue weighted by Crippen LogP contribution is 2.26. The van der Waals surface area contributed by atoms with Gasteiger partial charge in [-0.3, -0.25) is 0 Å². The average Bonchev–Trinajstić information content (AvgIpc) is 2.07. The molecule has 0 amide bonds. The van der Waals surface area contributed by atoms with Gasteiger partial charge in [0.15, 0.2) is 0 Å². The number of aromatic hydroxyl groups is 1. The van der Waals surface area contributed by atoms with Crippen molar-refractivity contribution in [2.24, 2.45) is 0 Å². The van der Waals surface area contributed by atoms with E-state index in [0.29, 0.717) is 17.5 Å². The first-order valence-electron chi connectivity index (χ1n) is 4.57. The van der Waals surface area contributed by atoms with Gasteiger partial charge in [0.2, 0.25) is 0 Å². The largest absolute Gasteiger partial charge is 0.508 e. The first-order chi connectivity index (χ1) is 6.06. The zero-order valence-corrected chi connectivity index (χ0v) is 8.26. The summed E-state index contributed by atoms with van der Waals surface area (Å²) < 4.78 is 13.4. The minimum absolute atomic E-state index is 0.108. The van der Waals surface area contributed by atoms with E-state index in [1.165, 1.54) is 12.1 Å². The van der Waals surface area contributed by atoms with Crippen LogP contribution in [0.4, 0.5) is 4.39 Å². The SMILES string of the molecule is CCc1cc(F)c(C(C)C)cc1O. The van der Waals surface area contributed by atoms with Crippen LogP contribution in [-0.4, -0.2) is 5.11 Å². The molecule has 0 unspecified atom stereocenters. The second-order valence-electron chi connectivity index (χ2n) is 3.51. The molecule has 1 aromatic carbocycles. The van der Waals surface area contributed by atoms with Crippen LogP contribution < -0.4 is 0 Å². The molecule has 1 aromatic rings. The van der Waals surface area contributed by atoms with E-state index in [9.17, 15) is 9.50 Å². The van der Waals surface area contributed by atoms with Gasteiger partial charge in [0.1, 0.15) is 11.6 Å². The Balaban J connectivity index is 3.20. The fourth-order valence-electron chi connectivity index (χ4n) is 1.34. The van der Waals surface area contributed by atoms with E-state index in [1.807, 2.05) is 20.8 Å². The summed E-state index contributed by atoms with van der Waals surface area (Å²) in [5.41, 5.74) is 1.25. The van der Waals surface area contributed by atoms with Crippen LogP contribution in [0.2, 0.25) is 0 Å². The zero-order valence-electron chi connectivity index (χ0n) is 8.26. The summed E-state index contributed by atoms with van der Waals surface area (Å²) in [6, 6.07) is 2.95. The van der Waals surface area contributed by atoms with Crippen LogP contribution in [-0.2, 0) is 6.42 Å². The van der Waals surface area contributed by atoms with Crippen molar-refractivity contribution in [3.05, 3.63) is 29.1 Å². The number of aryl methyl sites for hydroxylation is 1. The highest BCUT2D eigenvalue weighted by Gasteiger charge is 2.10. The Morgan fingerprint density at radius 1 is 1.38 bits per heavy atom. The molecule has 0 atom stereocenters. The number of phenols is 1. The summed E-state index contributed by atoms with van der Waals surface area (Å²) in [4.78, 5) is 0. The Kier molecular flexibility index (Phi) is 2.91. The maximum atomic E-state index is 13.4. The molecule has 0 aliphatic heterocycles. The highest BCUT2D eigenvalue weighted by molar-refractivity contribution is 5.38. The molecule has 2 heteroatoms. The molecule has 0 heterocycles. The summed E-state index contributed by atoms with van der Waals surface area (Å²) >= 11 is 0. The predicted molar refractivity (Wildman–Crippen MR) is 51.5 cm³/mol. The standard InChI is InChI=1S/C11H15FO/c1-4-8-5-10(12)9(7(2)3)6-11(8)13/h5-7,13H,4H2,1-3H3. The maximum Gasteiger partial charge on any atom is 0.127 e. The Labute approximate surface area is 78.2 Å². The number of rotatable bonds is 2. The lowest BCUT2D eigenvalue weighted by Crippen LogP contribution is -1.95. The fourth-order valence-corrected chi connectivity index (χ4v) is 1.34. The van der Waals surface area contributed by atoms with E-state index in [1.54, 1.807) is 0 Å². The van der Waals surface area contributed by atoms with Gasteiger partial charge in [-0.1, -0.05) is 20.8 Å². The number of hydrogen-bond donors (Lipinski definition) is 1. The first-order valence-corrected chi connectivity index (χ1v) is 4.57. The molecular formula is C11H15FO. The quantitative estimate of drug-likeness (QED) is 0.744. The molecule has 0 saturated heterocycles. The number of hydrogen-bond acceptors (Lipinski definition) is 1. The molecular weight excluding hydrogens is 167 g/mol. The average molecular weight is 182 g/mol. The van der Waals surface area contributed by atoms with Crippen LogP contribution in [0, 0.1) is 5.82 Å². The Morgan fingerprint density at radius 2 is 2.00 bits per heavy atom. The van der Waals surface area contributed by atoms with Gasteiger partial charge in [0.05, 0.1) is 0 Å². The molecule has 13 heavy (non-hydrogen) atoms. The van der Waals surface area contributed by atoms with Gasteiger partial charge in [-0.05, 0) is 35.6 Å². The number of halogens is 1. The third-order valence-electron chi connectivity index (χ3n) is 2.20. The molecule has 0 aliphatic carbocycles. The lowest BCUT2D eigenvalue weighted by Gasteiger charge is -2.10. The van der Waals surface area contributed by atoms with Crippen molar-refractivity contribution in [1.82, 2.24) is 0 Å². The predicted octanol–water partition coefficient (Wildman–Crippen LogP) is 3.22. The number of phenolic OH excluding ortho intramolecular Hbond substituents is 1. The van der Waals surface area contributed by atoms with Crippen LogP contribution >= 0.6 is 0 Å². The highest BCUT2D eigenvalue weighted by atomic mass is 19.1. The third-order valence-corrected chi connectivity index (χ3v) is 2.20. The molecule has 0 bridgehead atoms. The molecule has 1 nitrogen and oxygen atoms in total. The van der Waals surface area contributed by atoms with Crippen molar-refractivity contribution in [3.63, 3.8) is 0 Å². The summed E-state index contributed by atoms with van der Waals surface area (Å²) in [6.07, 6.45) is 0.654. The molecule has 72 valence electrons. The van der Waals surface area contributed by atoms with Crippen molar-refractivity contribution < 1.29 is 9.50 Å². The van der Waals surface area contributed by atoms with E-state index >= 15 is 0 Å². The third kappa shape index (κ3) is 2.00. The van der Waals surface area contributed by atoms with Gasteiger partial charge < -0.3 is 5.11 Å². The normalized spacial score (nSPS) is 10.8. The minimum atomic E-state index is -0.218. The summed E-state index contributed by atoms with van der Waals surface area (Å²) in [6.45, 7) is 5.70. The Bertz CT molecular complexity index is 305. The molecule has 1 rings (SSSR count). The van der Waals surface area contributed by atoms with E-state index in [-0.39, 0.29) is 17.5 Å². The van der Waals surface area contributed by atoms with E-state index in [4.69, 9.17) is 0 Å². The molecule has 0 saturated carbocycles. The summed E-state index contributed by atoms with van der Waals surface area (Å²) in [5.74, 6) is 0.0917. The smallest absolute Gasteiger partial charge is 0.127 e. The van der Waals surface area contributed by atoms with Crippen LogP contribution in [0.1, 0.15) is 37.8 Å². The van der Waals surface area contributed by atoms with E-state index in [2.05, 4.69) is 0 Å². The van der Waals surface area contributed by atoms with E-state index in [0.717, 1.165) is 0 Å². The van der Waals surface area contributed by atoms with Gasteiger partial charge >= 0.3 is 0 Å². The van der Waals surface area contributed by atoms with Gasteiger partial charge in [-0.2, -0.15) is 0 Å². The van der Waals surface area contributed by atoms with E-state index < -0.39 is 0 Å². The Morgan fingerprint density at radius 3 is 2.46 bits per heavy atom. The van der Waals surface area contributed by atoms with Crippen molar-refractivity contribution >= 4 is 0 Å². The van der Waals surface area contributed by atoms with Gasteiger partial charge in [0.25, 0.3) is 0 Å². The van der Waals surface area contributed by atoms with Crippen molar-refractivity contribution in [2.45, 2.75) is 33.1 Å². The van der Waals surface area contributed by atoms with Gasteiger partial charge in [-0.15, -0.1) is 0 Å². The van der Waals surface area contributed by atoms with Crippen molar-refractivity contribution in [1.29, 1.82) is 0 Å². The van der Waals surface area contributed by atoms with Crippen LogP contribution in [0.25, 0.3) is 0 Å². The first kappa shape index (κ1) is 10.0. The van der Waals surface area contributed by atoms with Crippen LogP contribution in [0.5, 0.6) is 5.75 Å². The van der Waals surface area contributed by atoms with Crippen molar-refractivity contribution in [2.75, 3.05) is 0 Å². The van der Waals surface area contributed by atoms with Crippen LogP contribution in [0.15, 0.2) is 12.1 Å². The monoisotopic (exact) mass is 182 g/mol. The topological polar surface area (TPSA) is 20.2 Å². The zero-order chi connectivity index (χ0) is 10.0. The summed E-state index contributed by atoms with van der Waals surface area (Å²) in [5, 5.41) is 9.50. The number of benzene rings is 1. The van der Waals surface area contributed by atoms with Gasteiger partial charge in [-0.25, -0.2) is 4.39 Å². The molecule has 0 aromatic heterocycles. The lowest BCUT2D eigenvalue weighted by molar-refractivity contribution is 0.463. The Hall–Kier alpha value is -1.05. The van der Waals surface area contributed by atoms with Crippen molar-refractivity contribution in [3.8, 4) is 5.75 Å². The molecule has 0 aliphatic rings. The lowest BCUT2D eigenvalue weighted by atomic mass is 9.99. The van der Waals surface area contributed by atoms with Gasteiger partial charge in [0, 0.05) is 0 Å². The molecule has 0 fully saturated rings. The maximum absolute atomic E-state index is 13.4. The molecule has 0 spiro atoms.